The minimum Gasteiger partial charge on any atom is -0.481 e. The van der Waals surface area contributed by atoms with E-state index in [0.29, 0.717) is 24.9 Å². The zero-order valence-electron chi connectivity index (χ0n) is 56.6. The maximum absolute atomic E-state index is 11.9. The maximum atomic E-state index is 11.9. The van der Waals surface area contributed by atoms with Crippen LogP contribution in [0.15, 0.2) is 0 Å². The van der Waals surface area contributed by atoms with Gasteiger partial charge < -0.3 is 14.9 Å². The largest absolute Gasteiger partial charge is 0.481 e. The van der Waals surface area contributed by atoms with E-state index in [1.807, 2.05) is 7.11 Å². The highest BCUT2D eigenvalue weighted by atomic mass is 16.5. The van der Waals surface area contributed by atoms with Crippen LogP contribution in [0, 0.1) is 11.8 Å². The second kappa shape index (κ2) is 70.2. The van der Waals surface area contributed by atoms with Gasteiger partial charge in [-0.1, -0.05) is 432 Å². The molecule has 0 fully saturated rings. The standard InChI is InChI=1S/C77H154O4/c1-5-7-9-11-13-15-17-19-21-23-38-42-46-50-54-58-62-66-70-74(77(79)80)75(78)71-67-63-59-55-51-47-43-39-36-34-32-30-28-26-24-25-27-29-31-33-35-37-40-44-48-52-56-60-64-68-72-76(81-4)73(3)69-65-61-57-53-49-45-41-22-20-18-16-14-12-10-8-6-2/h73-76,78H,5-72H2,1-4H3,(H,79,80). The van der Waals surface area contributed by atoms with E-state index in [1.165, 1.54) is 398 Å². The molecule has 0 aliphatic rings. The van der Waals surface area contributed by atoms with Gasteiger partial charge in [-0.15, -0.1) is 0 Å². The predicted octanol–water partition coefficient (Wildman–Crippen LogP) is 27.3. The van der Waals surface area contributed by atoms with Crippen LogP contribution in [0.3, 0.4) is 0 Å². The van der Waals surface area contributed by atoms with Crippen molar-refractivity contribution in [2.45, 2.75) is 470 Å². The fourth-order valence-electron chi connectivity index (χ4n) is 13.4. The zero-order chi connectivity index (χ0) is 58.7. The number of aliphatic hydroxyl groups excluding tert-OH is 1. The Morgan fingerprint density at radius 2 is 0.444 bits per heavy atom. The van der Waals surface area contributed by atoms with Crippen LogP contribution in [0.1, 0.15) is 457 Å². The summed E-state index contributed by atoms with van der Waals surface area (Å²) in [7, 11) is 1.95. The van der Waals surface area contributed by atoms with Crippen molar-refractivity contribution < 1.29 is 19.7 Å². The van der Waals surface area contributed by atoms with Gasteiger partial charge in [0.15, 0.2) is 0 Å². The Labute approximate surface area is 511 Å². The van der Waals surface area contributed by atoms with Gasteiger partial charge in [-0.2, -0.15) is 0 Å². The van der Waals surface area contributed by atoms with Crippen molar-refractivity contribution in [3.8, 4) is 0 Å². The second-order valence-corrected chi connectivity index (χ2v) is 27.3. The molecule has 4 atom stereocenters. The minimum absolute atomic E-state index is 0.469. The fourth-order valence-corrected chi connectivity index (χ4v) is 13.4. The quantitative estimate of drug-likeness (QED) is 0.0596. The summed E-state index contributed by atoms with van der Waals surface area (Å²) < 4.78 is 5.97. The van der Waals surface area contributed by atoms with Gasteiger partial charge in [-0.25, -0.2) is 0 Å². The van der Waals surface area contributed by atoms with Gasteiger partial charge >= 0.3 is 5.97 Å². The summed E-state index contributed by atoms with van der Waals surface area (Å²) in [5.74, 6) is -0.673. The summed E-state index contributed by atoms with van der Waals surface area (Å²) in [6, 6.07) is 0. The molecule has 0 spiro atoms. The lowest BCUT2D eigenvalue weighted by molar-refractivity contribution is -0.146. The van der Waals surface area contributed by atoms with E-state index in [9.17, 15) is 15.0 Å². The van der Waals surface area contributed by atoms with Crippen LogP contribution < -0.4 is 0 Å². The monoisotopic (exact) mass is 1140 g/mol. The first-order chi connectivity index (χ1) is 40.0. The number of hydrogen-bond acceptors (Lipinski definition) is 3. The molecule has 0 heterocycles. The van der Waals surface area contributed by atoms with E-state index in [-0.39, 0.29) is 0 Å². The van der Waals surface area contributed by atoms with Gasteiger partial charge in [-0.05, 0) is 31.6 Å². The fraction of sp³-hybridized carbons (Fsp3) is 0.987. The highest BCUT2D eigenvalue weighted by Crippen LogP contribution is 2.25. The van der Waals surface area contributed by atoms with Crippen LogP contribution >= 0.6 is 0 Å². The van der Waals surface area contributed by atoms with Gasteiger partial charge in [0.2, 0.25) is 0 Å². The van der Waals surface area contributed by atoms with E-state index < -0.39 is 18.0 Å². The molecule has 0 rings (SSSR count). The number of aliphatic carboxylic acids is 1. The summed E-state index contributed by atoms with van der Waals surface area (Å²) in [5.41, 5.74) is 0. The molecule has 0 amide bonds. The average Bonchev–Trinajstić information content (AvgIpc) is 3.46. The third-order valence-electron chi connectivity index (χ3n) is 19.3. The Balaban J connectivity index is 3.39. The molecule has 0 aliphatic heterocycles. The first-order valence-corrected chi connectivity index (χ1v) is 38.4. The van der Waals surface area contributed by atoms with E-state index in [2.05, 4.69) is 20.8 Å². The van der Waals surface area contributed by atoms with Crippen LogP contribution in [0.4, 0.5) is 0 Å². The Morgan fingerprint density at radius 1 is 0.272 bits per heavy atom. The number of hydrogen-bond donors (Lipinski definition) is 2. The molecule has 4 unspecified atom stereocenters. The number of carboxylic acids is 1. The van der Waals surface area contributed by atoms with Crippen molar-refractivity contribution >= 4 is 5.97 Å². The molecule has 2 N–H and O–H groups in total. The molecule has 0 saturated carbocycles. The first-order valence-electron chi connectivity index (χ1n) is 38.4. The number of carbonyl (C=O) groups is 1. The molecule has 0 aromatic heterocycles. The topological polar surface area (TPSA) is 66.8 Å². The maximum Gasteiger partial charge on any atom is 0.309 e. The highest BCUT2D eigenvalue weighted by molar-refractivity contribution is 5.70. The lowest BCUT2D eigenvalue weighted by Crippen LogP contribution is -2.28. The molecule has 81 heavy (non-hydrogen) atoms. The van der Waals surface area contributed by atoms with Gasteiger partial charge in [-0.3, -0.25) is 4.79 Å². The first kappa shape index (κ1) is 80.4. The third-order valence-corrected chi connectivity index (χ3v) is 19.3. The second-order valence-electron chi connectivity index (χ2n) is 27.3. The Bertz CT molecular complexity index is 1140. The molecule has 0 radical (unpaired) electrons. The van der Waals surface area contributed by atoms with E-state index in [4.69, 9.17) is 4.74 Å². The SMILES string of the molecule is CCCCCCCCCCCCCCCCCCCCC(C(=O)O)C(O)CCCCCCCCCCCCCCCCCCCCCCCCCCCCCCCCC(OC)C(C)CCCCCCCCCCCCCCCCCC. The number of unbranched alkanes of at least 4 members (excludes halogenated alkanes) is 61. The number of rotatable bonds is 73. The summed E-state index contributed by atoms with van der Waals surface area (Å²) >= 11 is 0. The lowest BCUT2D eigenvalue weighted by atomic mass is 9.91. The number of carboxylic acid groups (broad SMARTS) is 1. The normalized spacial score (nSPS) is 13.3. The highest BCUT2D eigenvalue weighted by Gasteiger charge is 2.25. The van der Waals surface area contributed by atoms with Gasteiger partial charge in [0, 0.05) is 7.11 Å². The van der Waals surface area contributed by atoms with Gasteiger partial charge in [0.05, 0.1) is 18.1 Å². The predicted molar refractivity (Wildman–Crippen MR) is 362 cm³/mol. The molecule has 0 aromatic carbocycles. The summed E-state index contributed by atoms with van der Waals surface area (Å²) in [6.07, 6.45) is 92.8. The van der Waals surface area contributed by atoms with Gasteiger partial charge in [0.1, 0.15) is 0 Å². The summed E-state index contributed by atoms with van der Waals surface area (Å²) in [5, 5.41) is 20.5. The van der Waals surface area contributed by atoms with Crippen molar-refractivity contribution in [3.63, 3.8) is 0 Å². The van der Waals surface area contributed by atoms with E-state index in [1.54, 1.807) is 0 Å². The van der Waals surface area contributed by atoms with Crippen LogP contribution in [0.5, 0.6) is 0 Å². The summed E-state index contributed by atoms with van der Waals surface area (Å²) in [6.45, 7) is 7.04. The van der Waals surface area contributed by atoms with Crippen LogP contribution in [0.2, 0.25) is 0 Å². The van der Waals surface area contributed by atoms with Crippen molar-refractivity contribution in [3.05, 3.63) is 0 Å². The molecule has 0 saturated heterocycles. The van der Waals surface area contributed by atoms with E-state index in [0.717, 1.165) is 25.7 Å². The Kier molecular flexibility index (Phi) is 69.6. The van der Waals surface area contributed by atoms with Crippen molar-refractivity contribution in [1.82, 2.24) is 0 Å². The van der Waals surface area contributed by atoms with Crippen molar-refractivity contribution in [1.29, 1.82) is 0 Å². The van der Waals surface area contributed by atoms with Crippen LogP contribution in [-0.2, 0) is 9.53 Å². The lowest BCUT2D eigenvalue weighted by Gasteiger charge is -2.22. The molecule has 4 nitrogen and oxygen atoms in total. The molecular formula is C77H154O4. The molecule has 0 bridgehead atoms. The van der Waals surface area contributed by atoms with Crippen molar-refractivity contribution in [2.24, 2.45) is 11.8 Å². The smallest absolute Gasteiger partial charge is 0.309 e. The molecular weight excluding hydrogens is 989 g/mol. The molecule has 0 aromatic rings. The number of aliphatic hydroxyl groups is 1. The van der Waals surface area contributed by atoms with Crippen molar-refractivity contribution in [2.75, 3.05) is 7.11 Å². The van der Waals surface area contributed by atoms with Crippen LogP contribution in [0.25, 0.3) is 0 Å². The summed E-state index contributed by atoms with van der Waals surface area (Å²) in [4.78, 5) is 11.9. The van der Waals surface area contributed by atoms with Crippen LogP contribution in [-0.4, -0.2) is 35.5 Å². The zero-order valence-corrected chi connectivity index (χ0v) is 56.6. The molecule has 0 aliphatic carbocycles. The van der Waals surface area contributed by atoms with Gasteiger partial charge in [0.25, 0.3) is 0 Å². The average molecular weight is 1140 g/mol. The molecule has 4 heteroatoms. The number of methoxy groups -OCH3 is 1. The third kappa shape index (κ3) is 63.7. The minimum atomic E-state index is -0.800. The number of ether oxygens (including phenoxy) is 1. The van der Waals surface area contributed by atoms with E-state index >= 15 is 0 Å². The molecule has 486 valence electrons. The Hall–Kier alpha value is -0.610. The Morgan fingerprint density at radius 3 is 0.642 bits per heavy atom.